The number of hydrogen-bond acceptors (Lipinski definition) is 3. The van der Waals surface area contributed by atoms with E-state index in [2.05, 4.69) is 46.4 Å². The van der Waals surface area contributed by atoms with E-state index in [1.807, 2.05) is 30.3 Å². The first-order chi connectivity index (χ1) is 14.3. The molecule has 0 aliphatic carbocycles. The highest BCUT2D eigenvalue weighted by Gasteiger charge is 2.10. The van der Waals surface area contributed by atoms with Gasteiger partial charge in [-0.1, -0.05) is 54.6 Å². The normalized spacial score (nSPS) is 10.9. The molecule has 0 spiro atoms. The predicted molar refractivity (Wildman–Crippen MR) is 114 cm³/mol. The van der Waals surface area contributed by atoms with Gasteiger partial charge in [-0.25, -0.2) is 19.3 Å². The van der Waals surface area contributed by atoms with Gasteiger partial charge >= 0.3 is 0 Å². The Bertz CT molecular complexity index is 1280. The Hall–Kier alpha value is -3.92. The Kier molecular flexibility index (Phi) is 4.30. The first-order valence-electron chi connectivity index (χ1n) is 9.31. The summed E-state index contributed by atoms with van der Waals surface area (Å²) in [5.41, 5.74) is 7.17. The van der Waals surface area contributed by atoms with Crippen molar-refractivity contribution in [3.05, 3.63) is 103 Å². The molecule has 3 nitrogen and oxygen atoms in total. The lowest BCUT2D eigenvalue weighted by Gasteiger charge is -2.08. The van der Waals surface area contributed by atoms with E-state index in [0.29, 0.717) is 0 Å². The molecule has 0 saturated heterocycles. The quantitative estimate of drug-likeness (QED) is 0.378. The summed E-state index contributed by atoms with van der Waals surface area (Å²) in [4.78, 5) is 13.6. The van der Waals surface area contributed by atoms with Gasteiger partial charge in [-0.2, -0.15) is 0 Å². The summed E-state index contributed by atoms with van der Waals surface area (Å²) < 4.78 is 13.3. The van der Waals surface area contributed by atoms with Crippen molar-refractivity contribution < 1.29 is 4.39 Å². The first kappa shape index (κ1) is 17.2. The Balaban J connectivity index is 1.59. The molecule has 5 rings (SSSR count). The van der Waals surface area contributed by atoms with Crippen molar-refractivity contribution >= 4 is 11.0 Å². The van der Waals surface area contributed by atoms with Gasteiger partial charge in [-0.3, -0.25) is 0 Å². The minimum Gasteiger partial charge on any atom is -0.244 e. The number of hydrogen-bond donors (Lipinski definition) is 0. The molecule has 5 aromatic rings. The van der Waals surface area contributed by atoms with Crippen molar-refractivity contribution in [2.24, 2.45) is 0 Å². The van der Waals surface area contributed by atoms with Gasteiger partial charge in [-0.15, -0.1) is 0 Å². The second kappa shape index (κ2) is 7.24. The van der Waals surface area contributed by atoms with Crippen LogP contribution in [0.2, 0.25) is 0 Å². The number of halogens is 1. The minimum absolute atomic E-state index is 0.267. The van der Waals surface area contributed by atoms with E-state index >= 15 is 0 Å². The third-order valence-corrected chi connectivity index (χ3v) is 4.89. The van der Waals surface area contributed by atoms with Gasteiger partial charge in [-0.05, 0) is 47.5 Å². The van der Waals surface area contributed by atoms with E-state index in [1.165, 1.54) is 17.7 Å². The molecule has 138 valence electrons. The van der Waals surface area contributed by atoms with E-state index in [9.17, 15) is 4.39 Å². The van der Waals surface area contributed by atoms with Gasteiger partial charge in [0.05, 0.1) is 16.9 Å². The zero-order valence-electron chi connectivity index (χ0n) is 15.5. The topological polar surface area (TPSA) is 38.7 Å². The smallest absolute Gasteiger partial charge is 0.123 e. The Morgan fingerprint density at radius 2 is 1.21 bits per heavy atom. The molecule has 0 radical (unpaired) electrons. The Labute approximate surface area is 167 Å². The number of nitrogens with zero attached hydrogens (tertiary/aromatic N) is 3. The Morgan fingerprint density at radius 1 is 0.552 bits per heavy atom. The molecule has 0 fully saturated rings. The molecule has 2 aromatic heterocycles. The number of benzene rings is 3. The molecule has 0 aliphatic heterocycles. The average molecular weight is 377 g/mol. The first-order valence-corrected chi connectivity index (χ1v) is 9.31. The maximum atomic E-state index is 13.3. The number of fused-ring (bicyclic) bond motifs is 1. The van der Waals surface area contributed by atoms with Crippen molar-refractivity contribution in [1.82, 2.24) is 15.0 Å². The molecule has 0 atom stereocenters. The lowest BCUT2D eigenvalue weighted by atomic mass is 10.0. The van der Waals surface area contributed by atoms with Crippen LogP contribution in [-0.4, -0.2) is 15.0 Å². The highest BCUT2D eigenvalue weighted by atomic mass is 19.1. The van der Waals surface area contributed by atoms with Crippen LogP contribution < -0.4 is 0 Å². The summed E-state index contributed by atoms with van der Waals surface area (Å²) in [7, 11) is 0. The average Bonchev–Trinajstić information content (AvgIpc) is 2.79. The highest BCUT2D eigenvalue weighted by molar-refractivity contribution is 5.90. The SMILES string of the molecule is Fc1ccc(-c2ccc3ncnc(-c4ccc(-c5ccccc5)cc4)c3n2)cc1. The summed E-state index contributed by atoms with van der Waals surface area (Å²) in [5.74, 6) is -0.267. The van der Waals surface area contributed by atoms with E-state index < -0.39 is 0 Å². The van der Waals surface area contributed by atoms with E-state index in [4.69, 9.17) is 4.98 Å². The summed E-state index contributed by atoms with van der Waals surface area (Å²) >= 11 is 0. The van der Waals surface area contributed by atoms with Crippen molar-refractivity contribution in [2.45, 2.75) is 0 Å². The molecule has 4 heteroatoms. The van der Waals surface area contributed by atoms with Crippen LogP contribution in [0.1, 0.15) is 0 Å². The maximum absolute atomic E-state index is 13.3. The molecule has 0 bridgehead atoms. The largest absolute Gasteiger partial charge is 0.244 e. The van der Waals surface area contributed by atoms with Crippen molar-refractivity contribution in [2.75, 3.05) is 0 Å². The van der Waals surface area contributed by atoms with Gasteiger partial charge in [0.2, 0.25) is 0 Å². The zero-order chi connectivity index (χ0) is 19.6. The van der Waals surface area contributed by atoms with E-state index in [0.717, 1.165) is 39.1 Å². The lowest BCUT2D eigenvalue weighted by Crippen LogP contribution is -1.94. The van der Waals surface area contributed by atoms with Gasteiger partial charge in [0.1, 0.15) is 17.7 Å². The number of pyridine rings is 1. The fourth-order valence-electron chi connectivity index (χ4n) is 3.38. The standard InChI is InChI=1S/C25H16FN3/c26-21-12-10-19(11-13-21)22-14-15-23-25(29-22)24(28-16-27-23)20-8-6-18(7-9-20)17-4-2-1-3-5-17/h1-16H. The van der Waals surface area contributed by atoms with Gasteiger partial charge in [0.15, 0.2) is 0 Å². The molecule has 0 amide bonds. The third-order valence-electron chi connectivity index (χ3n) is 4.89. The van der Waals surface area contributed by atoms with E-state index in [-0.39, 0.29) is 5.82 Å². The number of aromatic nitrogens is 3. The van der Waals surface area contributed by atoms with Gasteiger partial charge in [0, 0.05) is 11.1 Å². The van der Waals surface area contributed by atoms with Crippen LogP contribution in [0.5, 0.6) is 0 Å². The van der Waals surface area contributed by atoms with Crippen LogP contribution >= 0.6 is 0 Å². The molecule has 0 saturated carbocycles. The van der Waals surface area contributed by atoms with Crippen molar-refractivity contribution in [3.8, 4) is 33.6 Å². The summed E-state index contributed by atoms with van der Waals surface area (Å²) in [6.45, 7) is 0. The molecule has 3 aromatic carbocycles. The molecule has 0 unspecified atom stereocenters. The van der Waals surface area contributed by atoms with Crippen molar-refractivity contribution in [3.63, 3.8) is 0 Å². The van der Waals surface area contributed by atoms with Gasteiger partial charge < -0.3 is 0 Å². The van der Waals surface area contributed by atoms with Crippen LogP contribution in [0, 0.1) is 5.82 Å². The second-order valence-electron chi connectivity index (χ2n) is 6.74. The molecular weight excluding hydrogens is 361 g/mol. The van der Waals surface area contributed by atoms with Crippen LogP contribution in [0.3, 0.4) is 0 Å². The molecule has 29 heavy (non-hydrogen) atoms. The molecular formula is C25H16FN3. The third kappa shape index (κ3) is 3.36. The molecule has 2 heterocycles. The number of rotatable bonds is 3. The van der Waals surface area contributed by atoms with E-state index in [1.54, 1.807) is 18.5 Å². The monoisotopic (exact) mass is 377 g/mol. The summed E-state index contributed by atoms with van der Waals surface area (Å²) in [5, 5.41) is 0. The van der Waals surface area contributed by atoms with Crippen LogP contribution in [0.25, 0.3) is 44.7 Å². The summed E-state index contributed by atoms with van der Waals surface area (Å²) in [6.07, 6.45) is 1.56. The van der Waals surface area contributed by atoms with Crippen LogP contribution in [0.4, 0.5) is 4.39 Å². The Morgan fingerprint density at radius 3 is 1.97 bits per heavy atom. The van der Waals surface area contributed by atoms with Gasteiger partial charge in [0.25, 0.3) is 0 Å². The highest BCUT2D eigenvalue weighted by Crippen LogP contribution is 2.29. The minimum atomic E-state index is -0.267. The lowest BCUT2D eigenvalue weighted by molar-refractivity contribution is 0.628. The predicted octanol–water partition coefficient (Wildman–Crippen LogP) is 6.16. The van der Waals surface area contributed by atoms with Crippen molar-refractivity contribution in [1.29, 1.82) is 0 Å². The maximum Gasteiger partial charge on any atom is 0.123 e. The van der Waals surface area contributed by atoms with Crippen LogP contribution in [-0.2, 0) is 0 Å². The molecule has 0 N–H and O–H groups in total. The molecule has 0 aliphatic rings. The summed E-state index contributed by atoms with van der Waals surface area (Å²) in [6, 6.07) is 28.7. The fourth-order valence-corrected chi connectivity index (χ4v) is 3.38. The van der Waals surface area contributed by atoms with Crippen LogP contribution in [0.15, 0.2) is 97.3 Å². The second-order valence-corrected chi connectivity index (χ2v) is 6.74. The zero-order valence-corrected chi connectivity index (χ0v) is 15.5. The fraction of sp³-hybridized carbons (Fsp3) is 0.